The summed E-state index contributed by atoms with van der Waals surface area (Å²) in [5.74, 6) is 0.707. The largest absolute Gasteiger partial charge is 0.224 e. The molecule has 0 aromatic carbocycles. The van der Waals surface area contributed by atoms with Crippen LogP contribution in [0.3, 0.4) is 0 Å². The maximum atomic E-state index is 5.80. The minimum atomic E-state index is 0.248. The molecule has 4 nitrogen and oxygen atoms in total. The average Bonchev–Trinajstić information content (AvgIpc) is 2.43. The lowest BCUT2D eigenvalue weighted by Gasteiger charge is -2.04. The van der Waals surface area contributed by atoms with Crippen LogP contribution in [0.15, 0.2) is 12.1 Å². The van der Waals surface area contributed by atoms with Gasteiger partial charge in [-0.25, -0.2) is 9.67 Å². The molecule has 0 saturated carbocycles. The van der Waals surface area contributed by atoms with E-state index in [1.165, 1.54) is 0 Å². The maximum absolute atomic E-state index is 5.80. The van der Waals surface area contributed by atoms with Gasteiger partial charge in [-0.2, -0.15) is 10.1 Å². The summed E-state index contributed by atoms with van der Waals surface area (Å²) < 4.78 is 1.76. The lowest BCUT2D eigenvalue weighted by atomic mass is 10.4. The molecule has 0 aliphatic heterocycles. The van der Waals surface area contributed by atoms with Gasteiger partial charge in [-0.1, -0.05) is 0 Å². The van der Waals surface area contributed by atoms with E-state index in [2.05, 4.69) is 15.1 Å². The zero-order valence-electron chi connectivity index (χ0n) is 8.82. The van der Waals surface area contributed by atoms with Crippen LogP contribution >= 0.6 is 11.6 Å². The predicted octanol–water partition coefficient (Wildman–Crippen LogP) is 2.24. The molecule has 0 atom stereocenters. The minimum Gasteiger partial charge on any atom is -0.223 e. The number of aromatic nitrogens is 4. The van der Waals surface area contributed by atoms with Crippen molar-refractivity contribution in [3.05, 3.63) is 34.5 Å². The van der Waals surface area contributed by atoms with Gasteiger partial charge in [-0.05, 0) is 38.4 Å². The highest BCUT2D eigenvalue weighted by Gasteiger charge is 2.06. The first kappa shape index (κ1) is 10.1. The summed E-state index contributed by atoms with van der Waals surface area (Å²) in [6, 6.07) is 3.84. The van der Waals surface area contributed by atoms with Gasteiger partial charge in [-0.15, -0.1) is 0 Å². The van der Waals surface area contributed by atoms with Crippen molar-refractivity contribution in [3.8, 4) is 5.82 Å². The van der Waals surface area contributed by atoms with Crippen molar-refractivity contribution in [2.24, 2.45) is 0 Å². The molecule has 0 aliphatic rings. The van der Waals surface area contributed by atoms with E-state index in [1.807, 2.05) is 32.9 Å². The van der Waals surface area contributed by atoms with Crippen LogP contribution in [0, 0.1) is 20.8 Å². The Morgan fingerprint density at radius 1 is 1.07 bits per heavy atom. The lowest BCUT2D eigenvalue weighted by molar-refractivity contribution is 0.797. The maximum Gasteiger partial charge on any atom is 0.224 e. The molecular formula is C10H11ClN4. The lowest BCUT2D eigenvalue weighted by Crippen LogP contribution is -2.03. The molecule has 2 rings (SSSR count). The Bertz CT molecular complexity index is 484. The molecule has 2 aromatic rings. The van der Waals surface area contributed by atoms with Crippen molar-refractivity contribution >= 4 is 11.6 Å². The summed E-state index contributed by atoms with van der Waals surface area (Å²) in [6.07, 6.45) is 0. The van der Waals surface area contributed by atoms with Crippen LogP contribution in [0.4, 0.5) is 0 Å². The fraction of sp³-hybridized carbons (Fsp3) is 0.300. The van der Waals surface area contributed by atoms with E-state index in [4.69, 9.17) is 11.6 Å². The molecule has 0 unspecified atom stereocenters. The Kier molecular flexibility index (Phi) is 2.44. The number of hydrogen-bond acceptors (Lipinski definition) is 3. The number of nitrogens with zero attached hydrogens (tertiary/aromatic N) is 4. The highest BCUT2D eigenvalue weighted by atomic mass is 35.5. The van der Waals surface area contributed by atoms with Gasteiger partial charge < -0.3 is 0 Å². The average molecular weight is 223 g/mol. The molecule has 0 fully saturated rings. The Hall–Kier alpha value is -1.42. The monoisotopic (exact) mass is 222 g/mol. The standard InChI is InChI=1S/C10H11ClN4/c1-6-5-9(13-10(11)12-6)15-8(3)4-7(2)14-15/h4-5H,1-3H3. The first-order valence-electron chi connectivity index (χ1n) is 4.61. The number of rotatable bonds is 1. The van der Waals surface area contributed by atoms with E-state index in [0.29, 0.717) is 5.82 Å². The van der Waals surface area contributed by atoms with Crippen LogP contribution in [-0.2, 0) is 0 Å². The molecule has 0 aliphatic carbocycles. The molecule has 0 spiro atoms. The van der Waals surface area contributed by atoms with Crippen molar-refractivity contribution in [1.82, 2.24) is 19.7 Å². The van der Waals surface area contributed by atoms with Gasteiger partial charge in [0.2, 0.25) is 5.28 Å². The molecule has 2 aromatic heterocycles. The normalized spacial score (nSPS) is 10.7. The molecule has 0 bridgehead atoms. The van der Waals surface area contributed by atoms with E-state index in [-0.39, 0.29) is 5.28 Å². The minimum absolute atomic E-state index is 0.248. The van der Waals surface area contributed by atoms with Gasteiger partial charge in [0.05, 0.1) is 5.69 Å². The first-order valence-corrected chi connectivity index (χ1v) is 4.99. The summed E-state index contributed by atoms with van der Waals surface area (Å²) >= 11 is 5.80. The molecule has 0 radical (unpaired) electrons. The van der Waals surface area contributed by atoms with Crippen LogP contribution in [0.2, 0.25) is 5.28 Å². The zero-order chi connectivity index (χ0) is 11.0. The van der Waals surface area contributed by atoms with Crippen LogP contribution < -0.4 is 0 Å². The van der Waals surface area contributed by atoms with E-state index in [1.54, 1.807) is 4.68 Å². The topological polar surface area (TPSA) is 43.6 Å². The molecule has 0 amide bonds. The smallest absolute Gasteiger partial charge is 0.223 e. The third-order valence-corrected chi connectivity index (χ3v) is 2.21. The van der Waals surface area contributed by atoms with Crippen LogP contribution in [0.5, 0.6) is 0 Å². The highest BCUT2D eigenvalue weighted by Crippen LogP contribution is 2.12. The number of halogens is 1. The van der Waals surface area contributed by atoms with Crippen molar-refractivity contribution in [3.63, 3.8) is 0 Å². The summed E-state index contributed by atoms with van der Waals surface area (Å²) in [5, 5.41) is 4.58. The molecule has 0 N–H and O–H groups in total. The van der Waals surface area contributed by atoms with Crippen LogP contribution in [0.1, 0.15) is 17.1 Å². The van der Waals surface area contributed by atoms with Crippen LogP contribution in [0.25, 0.3) is 5.82 Å². The molecule has 5 heteroatoms. The van der Waals surface area contributed by atoms with Crippen molar-refractivity contribution in [2.75, 3.05) is 0 Å². The van der Waals surface area contributed by atoms with Crippen LogP contribution in [-0.4, -0.2) is 19.7 Å². The highest BCUT2D eigenvalue weighted by molar-refractivity contribution is 6.28. The number of hydrogen-bond donors (Lipinski definition) is 0. The third kappa shape index (κ3) is 1.99. The van der Waals surface area contributed by atoms with E-state index < -0.39 is 0 Å². The van der Waals surface area contributed by atoms with Gasteiger partial charge >= 0.3 is 0 Å². The molecule has 78 valence electrons. The Labute approximate surface area is 92.9 Å². The molecule has 2 heterocycles. The zero-order valence-corrected chi connectivity index (χ0v) is 9.58. The molecule has 15 heavy (non-hydrogen) atoms. The van der Waals surface area contributed by atoms with Gasteiger partial charge in [0.25, 0.3) is 0 Å². The van der Waals surface area contributed by atoms with Gasteiger partial charge in [0.1, 0.15) is 0 Å². The van der Waals surface area contributed by atoms with Crippen molar-refractivity contribution < 1.29 is 0 Å². The second-order valence-corrected chi connectivity index (χ2v) is 3.81. The van der Waals surface area contributed by atoms with Crippen molar-refractivity contribution in [1.29, 1.82) is 0 Å². The fourth-order valence-corrected chi connectivity index (χ4v) is 1.71. The Morgan fingerprint density at radius 3 is 2.33 bits per heavy atom. The quantitative estimate of drug-likeness (QED) is 0.695. The fourth-order valence-electron chi connectivity index (χ4n) is 1.49. The third-order valence-electron chi connectivity index (χ3n) is 2.04. The number of aryl methyl sites for hydroxylation is 3. The van der Waals surface area contributed by atoms with Gasteiger partial charge in [0.15, 0.2) is 5.82 Å². The Morgan fingerprint density at radius 2 is 1.80 bits per heavy atom. The second-order valence-electron chi connectivity index (χ2n) is 3.48. The predicted molar refractivity (Wildman–Crippen MR) is 58.4 cm³/mol. The Balaban J connectivity index is 2.58. The first-order chi connectivity index (χ1) is 7.06. The second kappa shape index (κ2) is 3.62. The van der Waals surface area contributed by atoms with Gasteiger partial charge in [-0.3, -0.25) is 0 Å². The van der Waals surface area contributed by atoms with E-state index in [0.717, 1.165) is 17.1 Å². The summed E-state index contributed by atoms with van der Waals surface area (Å²) in [5.41, 5.74) is 2.82. The summed E-state index contributed by atoms with van der Waals surface area (Å²) in [6.45, 7) is 5.80. The van der Waals surface area contributed by atoms with Gasteiger partial charge in [0, 0.05) is 17.5 Å². The summed E-state index contributed by atoms with van der Waals surface area (Å²) in [7, 11) is 0. The van der Waals surface area contributed by atoms with E-state index in [9.17, 15) is 0 Å². The molecular weight excluding hydrogens is 212 g/mol. The van der Waals surface area contributed by atoms with Crippen molar-refractivity contribution in [2.45, 2.75) is 20.8 Å². The van der Waals surface area contributed by atoms with E-state index >= 15 is 0 Å². The SMILES string of the molecule is Cc1cc(-n2nc(C)cc2C)nc(Cl)n1. The molecule has 0 saturated heterocycles. The summed E-state index contributed by atoms with van der Waals surface area (Å²) in [4.78, 5) is 8.14.